The summed E-state index contributed by atoms with van der Waals surface area (Å²) in [7, 11) is -2.08. The number of oxazole rings is 1. The minimum Gasteiger partial charge on any atom is -0.497 e. The lowest BCUT2D eigenvalue weighted by atomic mass is 10.1. The monoisotopic (exact) mass is 448 g/mol. The van der Waals surface area contributed by atoms with Crippen LogP contribution in [-0.4, -0.2) is 25.3 Å². The number of aromatic nitrogens is 1. The Bertz CT molecular complexity index is 1010. The molecule has 0 saturated heterocycles. The van der Waals surface area contributed by atoms with Crippen molar-refractivity contribution < 1.29 is 27.2 Å². The van der Waals surface area contributed by atoms with Crippen LogP contribution in [0.25, 0.3) is 0 Å². The van der Waals surface area contributed by atoms with Crippen LogP contribution in [0.5, 0.6) is 5.75 Å². The fourth-order valence-electron chi connectivity index (χ4n) is 2.93. The van der Waals surface area contributed by atoms with Gasteiger partial charge in [-0.2, -0.15) is 0 Å². The number of benzene rings is 2. The van der Waals surface area contributed by atoms with Crippen LogP contribution in [0.4, 0.5) is 10.3 Å². The van der Waals surface area contributed by atoms with Gasteiger partial charge in [0, 0.05) is 13.0 Å². The lowest BCUT2D eigenvalue weighted by molar-refractivity contribution is 0.229. The molecule has 0 unspecified atom stereocenters. The van der Waals surface area contributed by atoms with Gasteiger partial charge in [-0.05, 0) is 49.2 Å². The third-order valence-corrected chi connectivity index (χ3v) is 6.41. The molecular weight excluding hydrogens is 422 g/mol. The first-order chi connectivity index (χ1) is 15.0. The number of rotatable bonds is 11. The Morgan fingerprint density at radius 3 is 2.19 bits per heavy atom. The van der Waals surface area contributed by atoms with Crippen molar-refractivity contribution in [3.63, 3.8) is 0 Å². The SMILES string of the molecule is CCOP(=O)(OCC)c1nc(Cc2ccc(OC)cc2)oc1NCc1ccc(F)cc1. The summed E-state index contributed by atoms with van der Waals surface area (Å²) in [6.07, 6.45) is 0.382. The highest BCUT2D eigenvalue weighted by molar-refractivity contribution is 7.62. The number of nitrogens with zero attached hydrogens (tertiary/aromatic N) is 1. The van der Waals surface area contributed by atoms with Crippen molar-refractivity contribution in [3.05, 3.63) is 71.4 Å². The fourth-order valence-corrected chi connectivity index (χ4v) is 4.54. The van der Waals surface area contributed by atoms with E-state index >= 15 is 0 Å². The van der Waals surface area contributed by atoms with Gasteiger partial charge in [-0.3, -0.25) is 4.57 Å². The van der Waals surface area contributed by atoms with Gasteiger partial charge in [0.1, 0.15) is 11.6 Å². The summed E-state index contributed by atoms with van der Waals surface area (Å²) in [5, 5.41) is 3.09. The molecule has 1 N–H and O–H groups in total. The van der Waals surface area contributed by atoms with E-state index in [4.69, 9.17) is 18.2 Å². The number of hydrogen-bond acceptors (Lipinski definition) is 7. The van der Waals surface area contributed by atoms with Gasteiger partial charge in [0.05, 0.1) is 20.3 Å². The first kappa shape index (κ1) is 23.0. The Morgan fingerprint density at radius 1 is 1.00 bits per heavy atom. The number of halogens is 1. The van der Waals surface area contributed by atoms with Crippen LogP contribution in [-0.2, 0) is 26.6 Å². The molecule has 31 heavy (non-hydrogen) atoms. The normalized spacial score (nSPS) is 11.5. The van der Waals surface area contributed by atoms with Gasteiger partial charge in [-0.25, -0.2) is 9.37 Å². The zero-order valence-corrected chi connectivity index (χ0v) is 18.7. The molecule has 0 radical (unpaired) electrons. The average Bonchev–Trinajstić information content (AvgIpc) is 3.18. The average molecular weight is 448 g/mol. The molecule has 3 aromatic rings. The summed E-state index contributed by atoms with van der Waals surface area (Å²) in [6.45, 7) is 4.17. The van der Waals surface area contributed by atoms with Crippen molar-refractivity contribution in [3.8, 4) is 5.75 Å². The van der Waals surface area contributed by atoms with E-state index in [2.05, 4.69) is 10.3 Å². The highest BCUT2D eigenvalue weighted by Gasteiger charge is 2.35. The van der Waals surface area contributed by atoms with E-state index in [0.29, 0.717) is 18.9 Å². The zero-order valence-electron chi connectivity index (χ0n) is 17.8. The van der Waals surface area contributed by atoms with Crippen molar-refractivity contribution >= 4 is 18.9 Å². The smallest absolute Gasteiger partial charge is 0.385 e. The van der Waals surface area contributed by atoms with E-state index in [1.54, 1.807) is 33.1 Å². The minimum absolute atomic E-state index is 0.0989. The summed E-state index contributed by atoms with van der Waals surface area (Å²) in [5.74, 6) is 0.998. The Balaban J connectivity index is 1.89. The topological polar surface area (TPSA) is 82.8 Å². The summed E-state index contributed by atoms with van der Waals surface area (Å²) in [4.78, 5) is 4.45. The van der Waals surface area contributed by atoms with Crippen LogP contribution in [0.15, 0.2) is 52.9 Å². The lowest BCUT2D eigenvalue weighted by Gasteiger charge is -2.15. The third kappa shape index (κ3) is 5.94. The predicted octanol–water partition coefficient (Wildman–Crippen LogP) is 4.92. The summed E-state index contributed by atoms with van der Waals surface area (Å²) in [5.41, 5.74) is 1.87. The molecule has 0 atom stereocenters. The Hall–Kier alpha value is -2.67. The highest BCUT2D eigenvalue weighted by atomic mass is 31.2. The fraction of sp³-hybridized carbons (Fsp3) is 0.318. The van der Waals surface area contributed by atoms with Gasteiger partial charge in [-0.1, -0.05) is 24.3 Å². The van der Waals surface area contributed by atoms with Crippen LogP contribution < -0.4 is 15.5 Å². The van der Waals surface area contributed by atoms with Crippen LogP contribution in [0, 0.1) is 5.82 Å². The largest absolute Gasteiger partial charge is 0.497 e. The maximum atomic E-state index is 13.4. The van der Waals surface area contributed by atoms with Gasteiger partial charge in [0.15, 0.2) is 0 Å². The molecule has 0 spiro atoms. The van der Waals surface area contributed by atoms with E-state index in [1.807, 2.05) is 24.3 Å². The van der Waals surface area contributed by atoms with Crippen molar-refractivity contribution in [2.24, 2.45) is 0 Å². The second-order valence-electron chi connectivity index (χ2n) is 6.60. The number of nitrogens with one attached hydrogen (secondary N) is 1. The molecule has 9 heteroatoms. The molecule has 7 nitrogen and oxygen atoms in total. The molecule has 1 aromatic heterocycles. The maximum Gasteiger partial charge on any atom is 0.385 e. The molecule has 0 aliphatic heterocycles. The predicted molar refractivity (Wildman–Crippen MR) is 117 cm³/mol. The highest BCUT2D eigenvalue weighted by Crippen LogP contribution is 2.48. The molecule has 0 bridgehead atoms. The zero-order chi connectivity index (χ0) is 22.3. The van der Waals surface area contributed by atoms with Crippen molar-refractivity contribution in [1.29, 1.82) is 0 Å². The van der Waals surface area contributed by atoms with E-state index in [-0.39, 0.29) is 30.4 Å². The van der Waals surface area contributed by atoms with Crippen LogP contribution in [0.3, 0.4) is 0 Å². The summed E-state index contributed by atoms with van der Waals surface area (Å²) >= 11 is 0. The number of hydrogen-bond donors (Lipinski definition) is 1. The molecule has 1 heterocycles. The van der Waals surface area contributed by atoms with Gasteiger partial charge in [-0.15, -0.1) is 0 Å². The van der Waals surface area contributed by atoms with Gasteiger partial charge >= 0.3 is 7.60 Å². The maximum absolute atomic E-state index is 13.4. The van der Waals surface area contributed by atoms with Crippen LogP contribution in [0.1, 0.15) is 30.9 Å². The molecule has 0 aliphatic carbocycles. The number of ether oxygens (including phenoxy) is 1. The van der Waals surface area contributed by atoms with Crippen LogP contribution in [0.2, 0.25) is 0 Å². The Kier molecular flexibility index (Phi) is 7.85. The standard InChI is InChI=1S/C22H26FN2O5P/c1-4-28-31(26,29-5-2)22-21(24-15-17-6-10-18(23)11-7-17)30-20(25-22)14-16-8-12-19(27-3)13-9-16/h6-13,24H,4-5,14-15H2,1-3H3. The second-order valence-corrected chi connectivity index (χ2v) is 8.53. The van der Waals surface area contributed by atoms with Gasteiger partial charge < -0.3 is 23.5 Å². The Labute approximate surface area is 181 Å². The molecule has 0 fully saturated rings. The van der Waals surface area contributed by atoms with E-state index in [0.717, 1.165) is 16.9 Å². The van der Waals surface area contributed by atoms with E-state index < -0.39 is 7.60 Å². The molecule has 166 valence electrons. The Morgan fingerprint density at radius 2 is 1.61 bits per heavy atom. The number of anilines is 1. The van der Waals surface area contributed by atoms with E-state index in [9.17, 15) is 8.96 Å². The number of methoxy groups -OCH3 is 1. The molecule has 0 amide bonds. The lowest BCUT2D eigenvalue weighted by Crippen LogP contribution is -2.16. The summed E-state index contributed by atoms with van der Waals surface area (Å²) in [6, 6.07) is 13.5. The van der Waals surface area contributed by atoms with Crippen molar-refractivity contribution in [1.82, 2.24) is 4.98 Å². The quantitative estimate of drug-likeness (QED) is 0.417. The van der Waals surface area contributed by atoms with Gasteiger partial charge in [0.2, 0.25) is 17.2 Å². The van der Waals surface area contributed by atoms with Crippen molar-refractivity contribution in [2.75, 3.05) is 25.6 Å². The molecule has 0 aliphatic rings. The first-order valence-electron chi connectivity index (χ1n) is 9.98. The molecular formula is C22H26FN2O5P. The molecule has 3 rings (SSSR count). The van der Waals surface area contributed by atoms with E-state index in [1.165, 1.54) is 12.1 Å². The second kappa shape index (κ2) is 10.6. The minimum atomic E-state index is -3.68. The first-order valence-corrected chi connectivity index (χ1v) is 11.5. The molecule has 2 aromatic carbocycles. The van der Waals surface area contributed by atoms with Crippen LogP contribution >= 0.6 is 7.60 Å². The van der Waals surface area contributed by atoms with Gasteiger partial charge in [0.25, 0.3) is 0 Å². The summed E-state index contributed by atoms with van der Waals surface area (Å²) < 4.78 is 48.5. The van der Waals surface area contributed by atoms with Crippen molar-refractivity contribution in [2.45, 2.75) is 26.8 Å². The molecule has 0 saturated carbocycles. The third-order valence-electron chi connectivity index (χ3n) is 4.39.